The molecule has 0 bridgehead atoms. The molecule has 0 saturated heterocycles. The van der Waals surface area contributed by atoms with Crippen LogP contribution in [0.5, 0.6) is 0 Å². The van der Waals surface area contributed by atoms with Crippen LogP contribution in [0.4, 0.5) is 0 Å². The molecule has 1 heterocycles. The van der Waals surface area contributed by atoms with Crippen LogP contribution in [-0.2, 0) is 18.9 Å². The smallest absolute Gasteiger partial charge is 0.258 e. The maximum atomic E-state index is 10.0. The molecule has 0 unspecified atom stereocenters. The largest absolute Gasteiger partial charge is 0.345 e. The van der Waals surface area contributed by atoms with Crippen LogP contribution in [0.3, 0.4) is 0 Å². The first-order valence-electron chi connectivity index (χ1n) is 8.51. The molecular weight excluding hydrogens is 340 g/mol. The zero-order chi connectivity index (χ0) is 18.6. The standard InChI is InChI=1S/C18H24N2O4S/c1-5-21-17(22-6-2)15(14-10-9-11-25-14)16(12-19,13-20)18(17,23-7-3)24-8-4/h9-11,15H,5-8H2,1-4H3/t15-/m0/s1. The van der Waals surface area contributed by atoms with Crippen molar-refractivity contribution in [3.05, 3.63) is 22.4 Å². The molecule has 0 N–H and O–H groups in total. The van der Waals surface area contributed by atoms with Gasteiger partial charge in [-0.1, -0.05) is 6.07 Å². The summed E-state index contributed by atoms with van der Waals surface area (Å²) in [5.74, 6) is -3.61. The van der Waals surface area contributed by atoms with Crippen molar-refractivity contribution in [2.75, 3.05) is 26.4 Å². The maximum absolute atomic E-state index is 10.0. The van der Waals surface area contributed by atoms with E-state index in [4.69, 9.17) is 18.9 Å². The molecule has 1 aliphatic rings. The SMILES string of the molecule is CCOC1(OCC)[C@@H](c2cccs2)C(C#N)(C#N)C1(OCC)OCC. The number of rotatable bonds is 9. The van der Waals surface area contributed by atoms with Crippen LogP contribution in [0.15, 0.2) is 17.5 Å². The van der Waals surface area contributed by atoms with E-state index in [0.717, 1.165) is 4.88 Å². The van der Waals surface area contributed by atoms with Crippen LogP contribution >= 0.6 is 11.3 Å². The number of thiophene rings is 1. The van der Waals surface area contributed by atoms with Gasteiger partial charge in [0.2, 0.25) is 11.2 Å². The van der Waals surface area contributed by atoms with Gasteiger partial charge in [0.1, 0.15) is 0 Å². The van der Waals surface area contributed by atoms with Crippen LogP contribution in [0.25, 0.3) is 0 Å². The highest BCUT2D eigenvalue weighted by Crippen LogP contribution is 2.70. The molecule has 136 valence electrons. The summed E-state index contributed by atoms with van der Waals surface area (Å²) in [4.78, 5) is 0.833. The summed E-state index contributed by atoms with van der Waals surface area (Å²) in [6, 6.07) is 8.10. The molecule has 1 aliphatic carbocycles. The Labute approximate surface area is 152 Å². The summed E-state index contributed by atoms with van der Waals surface area (Å²) < 4.78 is 24.0. The number of hydrogen-bond acceptors (Lipinski definition) is 7. The van der Waals surface area contributed by atoms with Gasteiger partial charge in [0, 0.05) is 31.3 Å². The molecule has 7 heteroatoms. The number of hydrogen-bond donors (Lipinski definition) is 0. The lowest BCUT2D eigenvalue weighted by molar-refractivity contribution is -0.496. The summed E-state index contributed by atoms with van der Waals surface area (Å²) in [6.45, 7) is 8.44. The summed E-state index contributed by atoms with van der Waals surface area (Å²) >= 11 is 1.46. The van der Waals surface area contributed by atoms with Gasteiger partial charge in [0.05, 0.1) is 18.1 Å². The maximum Gasteiger partial charge on any atom is 0.258 e. The van der Waals surface area contributed by atoms with Gasteiger partial charge in [-0.2, -0.15) is 10.5 Å². The minimum absolute atomic E-state index is 0.254. The minimum Gasteiger partial charge on any atom is -0.345 e. The van der Waals surface area contributed by atoms with E-state index in [0.29, 0.717) is 13.2 Å². The van der Waals surface area contributed by atoms with Crippen molar-refractivity contribution in [3.8, 4) is 12.1 Å². The van der Waals surface area contributed by atoms with Gasteiger partial charge in [-0.05, 0) is 39.1 Å². The second kappa shape index (κ2) is 7.82. The normalized spacial score (nSPS) is 22.6. The molecule has 0 aliphatic heterocycles. The minimum atomic E-state index is -1.62. The fourth-order valence-electron chi connectivity index (χ4n) is 3.72. The molecule has 1 aromatic rings. The van der Waals surface area contributed by atoms with Crippen LogP contribution in [0, 0.1) is 28.1 Å². The molecule has 0 amide bonds. The van der Waals surface area contributed by atoms with Crippen molar-refractivity contribution in [3.63, 3.8) is 0 Å². The zero-order valence-corrected chi connectivity index (χ0v) is 15.9. The van der Waals surface area contributed by atoms with Crippen molar-refractivity contribution in [2.45, 2.75) is 45.2 Å². The first-order valence-corrected chi connectivity index (χ1v) is 9.39. The third-order valence-electron chi connectivity index (χ3n) is 4.38. The van der Waals surface area contributed by atoms with Crippen molar-refractivity contribution in [1.29, 1.82) is 10.5 Å². The summed E-state index contributed by atoms with van der Waals surface area (Å²) in [6.07, 6.45) is 0. The molecule has 1 saturated carbocycles. The van der Waals surface area contributed by atoms with Gasteiger partial charge in [-0.3, -0.25) is 0 Å². The van der Waals surface area contributed by atoms with Crippen LogP contribution in [0.2, 0.25) is 0 Å². The number of nitriles is 2. The van der Waals surface area contributed by atoms with Gasteiger partial charge in [0.25, 0.3) is 5.79 Å². The van der Waals surface area contributed by atoms with Crippen molar-refractivity contribution >= 4 is 11.3 Å². The Bertz CT molecular complexity index is 621. The van der Waals surface area contributed by atoms with Gasteiger partial charge in [-0.15, -0.1) is 11.3 Å². The lowest BCUT2D eigenvalue weighted by atomic mass is 9.51. The van der Waals surface area contributed by atoms with E-state index >= 15 is 0 Å². The van der Waals surface area contributed by atoms with E-state index in [1.54, 1.807) is 13.8 Å². The average molecular weight is 364 g/mol. The highest BCUT2D eigenvalue weighted by molar-refractivity contribution is 7.10. The number of nitrogens with zero attached hydrogens (tertiary/aromatic N) is 2. The van der Waals surface area contributed by atoms with E-state index in [9.17, 15) is 10.5 Å². The molecule has 0 aromatic carbocycles. The van der Waals surface area contributed by atoms with E-state index in [1.165, 1.54) is 11.3 Å². The van der Waals surface area contributed by atoms with E-state index < -0.39 is 22.9 Å². The van der Waals surface area contributed by atoms with E-state index in [-0.39, 0.29) is 13.2 Å². The molecule has 1 fully saturated rings. The van der Waals surface area contributed by atoms with E-state index in [1.807, 2.05) is 31.4 Å². The lowest BCUT2D eigenvalue weighted by Gasteiger charge is -2.66. The molecule has 1 aromatic heterocycles. The third-order valence-corrected chi connectivity index (χ3v) is 5.32. The first kappa shape index (κ1) is 19.8. The Morgan fingerprint density at radius 2 is 1.48 bits per heavy atom. The van der Waals surface area contributed by atoms with Crippen LogP contribution in [0.1, 0.15) is 38.5 Å². The second-order valence-electron chi connectivity index (χ2n) is 5.50. The summed E-state index contributed by atoms with van der Waals surface area (Å²) in [7, 11) is 0. The van der Waals surface area contributed by atoms with Crippen molar-refractivity contribution < 1.29 is 18.9 Å². The predicted molar refractivity (Wildman–Crippen MR) is 92.7 cm³/mol. The van der Waals surface area contributed by atoms with Gasteiger partial charge in [0.15, 0.2) is 0 Å². The Morgan fingerprint density at radius 1 is 0.960 bits per heavy atom. The molecular formula is C18H24N2O4S. The van der Waals surface area contributed by atoms with Gasteiger partial charge >= 0.3 is 0 Å². The predicted octanol–water partition coefficient (Wildman–Crippen LogP) is 3.42. The van der Waals surface area contributed by atoms with E-state index in [2.05, 4.69) is 12.1 Å². The van der Waals surface area contributed by atoms with Gasteiger partial charge in [-0.25, -0.2) is 0 Å². The van der Waals surface area contributed by atoms with Crippen molar-refractivity contribution in [2.24, 2.45) is 5.41 Å². The molecule has 1 atom stereocenters. The Hall–Kier alpha value is -1.48. The van der Waals surface area contributed by atoms with Crippen LogP contribution in [-0.4, -0.2) is 38.0 Å². The topological polar surface area (TPSA) is 84.5 Å². The first-order chi connectivity index (χ1) is 12.1. The Morgan fingerprint density at radius 3 is 1.84 bits per heavy atom. The average Bonchev–Trinajstić information content (AvgIpc) is 3.12. The van der Waals surface area contributed by atoms with Crippen molar-refractivity contribution in [1.82, 2.24) is 0 Å². The highest BCUT2D eigenvalue weighted by Gasteiger charge is 2.87. The molecule has 0 spiro atoms. The fraction of sp³-hybridized carbons (Fsp3) is 0.667. The highest BCUT2D eigenvalue weighted by atomic mass is 32.1. The quantitative estimate of drug-likeness (QED) is 0.624. The summed E-state index contributed by atoms with van der Waals surface area (Å²) in [5.41, 5.74) is -1.58. The zero-order valence-electron chi connectivity index (χ0n) is 15.1. The Kier molecular flexibility index (Phi) is 6.21. The lowest BCUT2D eigenvalue weighted by Crippen LogP contribution is -2.83. The second-order valence-corrected chi connectivity index (χ2v) is 6.48. The fourth-order valence-corrected chi connectivity index (χ4v) is 4.66. The monoisotopic (exact) mass is 364 g/mol. The summed E-state index contributed by atoms with van der Waals surface area (Å²) in [5, 5.41) is 22.0. The van der Waals surface area contributed by atoms with Gasteiger partial charge < -0.3 is 18.9 Å². The number of ether oxygens (including phenoxy) is 4. The molecule has 0 radical (unpaired) electrons. The van der Waals surface area contributed by atoms with Crippen LogP contribution < -0.4 is 0 Å². The molecule has 25 heavy (non-hydrogen) atoms. The third kappa shape index (κ3) is 2.51. The Balaban J connectivity index is 2.75. The molecule has 6 nitrogen and oxygen atoms in total. The molecule has 2 rings (SSSR count).